The van der Waals surface area contributed by atoms with E-state index in [1.54, 1.807) is 28.2 Å². The number of carbonyl (C=O) groups is 1. The van der Waals surface area contributed by atoms with Crippen LogP contribution in [0.2, 0.25) is 0 Å². The van der Waals surface area contributed by atoms with Gasteiger partial charge in [-0.15, -0.1) is 5.10 Å². The standard InChI is InChI=1S/C16H18N6OS/c1-21(2)15(13-7-8-24-10-13)9-17-16(23)12-3-5-14(6-4-12)22-11-18-19-20-22/h3-8,10-11,15H,9H2,1-2H3,(H,17,23)/t15-/m0/s1. The van der Waals surface area contributed by atoms with Crippen LogP contribution in [0.4, 0.5) is 0 Å². The lowest BCUT2D eigenvalue weighted by molar-refractivity contribution is 0.0942. The largest absolute Gasteiger partial charge is 0.350 e. The number of carbonyl (C=O) groups excluding carboxylic acids is 1. The fourth-order valence-electron chi connectivity index (χ4n) is 2.40. The number of hydrogen-bond donors (Lipinski definition) is 1. The van der Waals surface area contributed by atoms with E-state index >= 15 is 0 Å². The van der Waals surface area contributed by atoms with Crippen molar-refractivity contribution in [2.45, 2.75) is 6.04 Å². The second-order valence-corrected chi connectivity index (χ2v) is 6.33. The van der Waals surface area contributed by atoms with Crippen molar-refractivity contribution in [2.75, 3.05) is 20.6 Å². The Bertz CT molecular complexity index is 768. The fourth-order valence-corrected chi connectivity index (χ4v) is 3.11. The van der Waals surface area contributed by atoms with Crippen LogP contribution in [0.5, 0.6) is 0 Å². The molecule has 1 amide bonds. The number of tetrazole rings is 1. The van der Waals surface area contributed by atoms with Gasteiger partial charge in [-0.3, -0.25) is 4.79 Å². The highest BCUT2D eigenvalue weighted by Gasteiger charge is 2.16. The van der Waals surface area contributed by atoms with Crippen LogP contribution in [-0.2, 0) is 0 Å². The Hall–Kier alpha value is -2.58. The summed E-state index contributed by atoms with van der Waals surface area (Å²) in [5.74, 6) is -0.0969. The second-order valence-electron chi connectivity index (χ2n) is 5.55. The van der Waals surface area contributed by atoms with Crippen molar-refractivity contribution in [1.29, 1.82) is 0 Å². The zero-order chi connectivity index (χ0) is 16.9. The van der Waals surface area contributed by atoms with Gasteiger partial charge in [0.1, 0.15) is 6.33 Å². The molecule has 0 saturated heterocycles. The van der Waals surface area contributed by atoms with Crippen LogP contribution in [0.3, 0.4) is 0 Å². The third kappa shape index (κ3) is 3.66. The molecule has 0 unspecified atom stereocenters. The molecule has 0 aliphatic rings. The van der Waals surface area contributed by atoms with Crippen LogP contribution in [-0.4, -0.2) is 51.7 Å². The minimum absolute atomic E-state index is 0.0969. The van der Waals surface area contributed by atoms with Crippen LogP contribution in [0.15, 0.2) is 47.4 Å². The Morgan fingerprint density at radius 3 is 2.67 bits per heavy atom. The molecule has 1 N–H and O–H groups in total. The van der Waals surface area contributed by atoms with Crippen molar-refractivity contribution < 1.29 is 4.79 Å². The summed E-state index contributed by atoms with van der Waals surface area (Å²) in [6, 6.07) is 9.40. The molecule has 0 aliphatic carbocycles. The van der Waals surface area contributed by atoms with Gasteiger partial charge in [-0.1, -0.05) is 0 Å². The van der Waals surface area contributed by atoms with Crippen LogP contribution in [0.25, 0.3) is 5.69 Å². The summed E-state index contributed by atoms with van der Waals surface area (Å²) in [5.41, 5.74) is 2.62. The molecule has 2 heterocycles. The molecule has 1 atom stereocenters. The number of thiophene rings is 1. The van der Waals surface area contributed by atoms with E-state index in [1.165, 1.54) is 11.9 Å². The molecule has 0 spiro atoms. The van der Waals surface area contributed by atoms with Crippen LogP contribution in [0.1, 0.15) is 22.0 Å². The molecular formula is C16H18N6OS. The monoisotopic (exact) mass is 342 g/mol. The van der Waals surface area contributed by atoms with E-state index in [1.807, 2.05) is 31.6 Å². The maximum Gasteiger partial charge on any atom is 0.251 e. The van der Waals surface area contributed by atoms with Gasteiger partial charge in [0, 0.05) is 12.1 Å². The molecule has 1 aromatic carbocycles. The molecule has 3 aromatic rings. The summed E-state index contributed by atoms with van der Waals surface area (Å²) in [7, 11) is 4.02. The highest BCUT2D eigenvalue weighted by molar-refractivity contribution is 7.07. The molecular weight excluding hydrogens is 324 g/mol. The van der Waals surface area contributed by atoms with Gasteiger partial charge < -0.3 is 10.2 Å². The predicted octanol–water partition coefficient (Wildman–Crippen LogP) is 1.76. The summed E-state index contributed by atoms with van der Waals surface area (Å²) in [6.45, 7) is 0.553. The molecule has 0 aliphatic heterocycles. The minimum Gasteiger partial charge on any atom is -0.350 e. The quantitative estimate of drug-likeness (QED) is 0.739. The molecule has 0 bridgehead atoms. The van der Waals surface area contributed by atoms with Crippen molar-refractivity contribution in [2.24, 2.45) is 0 Å². The van der Waals surface area contributed by atoms with Crippen molar-refractivity contribution in [3.63, 3.8) is 0 Å². The van der Waals surface area contributed by atoms with E-state index in [4.69, 9.17) is 0 Å². The summed E-state index contributed by atoms with van der Waals surface area (Å²) < 4.78 is 1.54. The number of hydrogen-bond acceptors (Lipinski definition) is 6. The maximum atomic E-state index is 12.4. The number of likely N-dealkylation sites (N-methyl/N-ethyl adjacent to an activating group) is 1. The number of rotatable bonds is 6. The first-order valence-corrected chi connectivity index (χ1v) is 8.39. The Morgan fingerprint density at radius 1 is 1.29 bits per heavy atom. The Labute approximate surface area is 143 Å². The van der Waals surface area contributed by atoms with E-state index in [0.717, 1.165) is 5.69 Å². The van der Waals surface area contributed by atoms with Crippen molar-refractivity contribution in [3.8, 4) is 5.69 Å². The molecule has 124 valence electrons. The van der Waals surface area contributed by atoms with E-state index < -0.39 is 0 Å². The number of amides is 1. The van der Waals surface area contributed by atoms with Gasteiger partial charge in [-0.25, -0.2) is 4.68 Å². The molecule has 24 heavy (non-hydrogen) atoms. The van der Waals surface area contributed by atoms with E-state index in [0.29, 0.717) is 12.1 Å². The second kappa shape index (κ2) is 7.33. The molecule has 3 rings (SSSR count). The number of nitrogens with one attached hydrogen (secondary N) is 1. The van der Waals surface area contributed by atoms with Crippen molar-refractivity contribution >= 4 is 17.2 Å². The summed E-state index contributed by atoms with van der Waals surface area (Å²) in [5, 5.41) is 18.2. The topological polar surface area (TPSA) is 75.9 Å². The maximum absolute atomic E-state index is 12.4. The summed E-state index contributed by atoms with van der Waals surface area (Å²) in [6.07, 6.45) is 1.51. The van der Waals surface area contributed by atoms with Gasteiger partial charge >= 0.3 is 0 Å². The summed E-state index contributed by atoms with van der Waals surface area (Å²) >= 11 is 1.66. The van der Waals surface area contributed by atoms with E-state index in [2.05, 4.69) is 37.2 Å². The smallest absolute Gasteiger partial charge is 0.251 e. The third-order valence-electron chi connectivity index (χ3n) is 3.75. The molecule has 0 radical (unpaired) electrons. The average molecular weight is 342 g/mol. The molecule has 7 nitrogen and oxygen atoms in total. The average Bonchev–Trinajstić information content (AvgIpc) is 3.28. The normalized spacial score (nSPS) is 12.3. The van der Waals surface area contributed by atoms with Gasteiger partial charge in [0.2, 0.25) is 0 Å². The highest BCUT2D eigenvalue weighted by atomic mass is 32.1. The minimum atomic E-state index is -0.0969. The third-order valence-corrected chi connectivity index (χ3v) is 4.45. The first-order chi connectivity index (χ1) is 11.6. The lowest BCUT2D eigenvalue weighted by Crippen LogP contribution is -2.34. The predicted molar refractivity (Wildman–Crippen MR) is 92.2 cm³/mol. The van der Waals surface area contributed by atoms with Crippen molar-refractivity contribution in [1.82, 2.24) is 30.4 Å². The van der Waals surface area contributed by atoms with E-state index in [9.17, 15) is 4.79 Å². The molecule has 0 saturated carbocycles. The van der Waals surface area contributed by atoms with Gasteiger partial charge in [0.15, 0.2) is 0 Å². The first-order valence-electron chi connectivity index (χ1n) is 7.45. The SMILES string of the molecule is CN(C)[C@@H](CNC(=O)c1ccc(-n2cnnn2)cc1)c1ccsc1. The number of aromatic nitrogens is 4. The molecule has 2 aromatic heterocycles. The lowest BCUT2D eigenvalue weighted by Gasteiger charge is -2.24. The zero-order valence-corrected chi connectivity index (χ0v) is 14.3. The van der Waals surface area contributed by atoms with Crippen LogP contribution in [0, 0.1) is 0 Å². The molecule has 0 fully saturated rings. The van der Waals surface area contributed by atoms with Gasteiger partial charge in [0.05, 0.1) is 11.7 Å². The number of nitrogens with zero attached hydrogens (tertiary/aromatic N) is 5. The van der Waals surface area contributed by atoms with E-state index in [-0.39, 0.29) is 11.9 Å². The fraction of sp³-hybridized carbons (Fsp3) is 0.250. The van der Waals surface area contributed by atoms with Gasteiger partial charge in [-0.05, 0) is 71.2 Å². The number of benzene rings is 1. The summed E-state index contributed by atoms with van der Waals surface area (Å²) in [4.78, 5) is 14.5. The zero-order valence-electron chi connectivity index (χ0n) is 13.5. The highest BCUT2D eigenvalue weighted by Crippen LogP contribution is 2.20. The lowest BCUT2D eigenvalue weighted by atomic mass is 10.1. The van der Waals surface area contributed by atoms with Gasteiger partial charge in [-0.2, -0.15) is 11.3 Å². The van der Waals surface area contributed by atoms with Crippen LogP contribution >= 0.6 is 11.3 Å². The van der Waals surface area contributed by atoms with Crippen LogP contribution < -0.4 is 5.32 Å². The Morgan fingerprint density at radius 2 is 2.08 bits per heavy atom. The molecule has 8 heteroatoms. The first kappa shape index (κ1) is 16.3. The van der Waals surface area contributed by atoms with Gasteiger partial charge in [0.25, 0.3) is 5.91 Å². The van der Waals surface area contributed by atoms with Crippen molar-refractivity contribution in [3.05, 3.63) is 58.5 Å². The Balaban J connectivity index is 1.64. The Kier molecular flexibility index (Phi) is 4.97.